The number of aryl methyl sites for hydroxylation is 1. The summed E-state index contributed by atoms with van der Waals surface area (Å²) in [7, 11) is 0. The van der Waals surface area contributed by atoms with Crippen molar-refractivity contribution in [2.24, 2.45) is 5.92 Å². The van der Waals surface area contributed by atoms with E-state index in [-0.39, 0.29) is 0 Å². The number of aromatic nitrogens is 3. The third-order valence-electron chi connectivity index (χ3n) is 4.58. The molecule has 0 saturated carbocycles. The van der Waals surface area contributed by atoms with Crippen LogP contribution in [0.5, 0.6) is 0 Å². The number of likely N-dealkylation sites (tertiary alicyclic amines) is 1. The summed E-state index contributed by atoms with van der Waals surface area (Å²) in [5, 5.41) is 17.7. The van der Waals surface area contributed by atoms with Crippen LogP contribution in [-0.2, 0) is 19.5 Å². The first-order chi connectivity index (χ1) is 11.1. The van der Waals surface area contributed by atoms with Crippen molar-refractivity contribution in [1.29, 1.82) is 0 Å². The highest BCUT2D eigenvalue weighted by Gasteiger charge is 2.20. The van der Waals surface area contributed by atoms with Crippen LogP contribution in [0.25, 0.3) is 0 Å². The van der Waals surface area contributed by atoms with E-state index in [1.165, 1.54) is 22.6 Å². The maximum absolute atomic E-state index is 9.52. The van der Waals surface area contributed by atoms with Crippen LogP contribution in [0.3, 0.4) is 0 Å². The summed E-state index contributed by atoms with van der Waals surface area (Å²) in [5.41, 5.74) is 0.659. The van der Waals surface area contributed by atoms with Crippen LogP contribution in [0.15, 0.2) is 18.3 Å². The number of nitrogens with zero attached hydrogens (tertiary/aromatic N) is 4. The Balaban J connectivity index is 1.46. The Bertz CT molecular complexity index is 614. The molecule has 3 heterocycles. The highest BCUT2D eigenvalue weighted by atomic mass is 32.1. The van der Waals surface area contributed by atoms with E-state index in [2.05, 4.69) is 34.3 Å². The number of rotatable bonds is 6. The van der Waals surface area contributed by atoms with Gasteiger partial charge < -0.3 is 5.11 Å². The summed E-state index contributed by atoms with van der Waals surface area (Å²) in [4.78, 5) is 5.53. The van der Waals surface area contributed by atoms with Crippen molar-refractivity contribution in [3.63, 3.8) is 0 Å². The van der Waals surface area contributed by atoms with E-state index in [4.69, 9.17) is 0 Å². The van der Waals surface area contributed by atoms with Gasteiger partial charge in [-0.2, -0.15) is 0 Å². The van der Waals surface area contributed by atoms with E-state index in [0.29, 0.717) is 11.6 Å². The van der Waals surface area contributed by atoms with Crippen LogP contribution in [-0.4, -0.2) is 38.1 Å². The molecule has 2 aromatic rings. The Morgan fingerprint density at radius 3 is 2.65 bits per heavy atom. The molecule has 1 aliphatic rings. The van der Waals surface area contributed by atoms with Gasteiger partial charge in [0, 0.05) is 22.8 Å². The third-order valence-corrected chi connectivity index (χ3v) is 5.80. The molecule has 5 nitrogen and oxygen atoms in total. The molecule has 6 heteroatoms. The lowest BCUT2D eigenvalue weighted by atomic mass is 9.97. The molecule has 0 radical (unpaired) electrons. The Morgan fingerprint density at radius 2 is 2.04 bits per heavy atom. The van der Waals surface area contributed by atoms with Gasteiger partial charge in [0.15, 0.2) is 0 Å². The van der Waals surface area contributed by atoms with Gasteiger partial charge in [-0.25, -0.2) is 0 Å². The lowest BCUT2D eigenvalue weighted by Gasteiger charge is -2.31. The van der Waals surface area contributed by atoms with E-state index >= 15 is 0 Å². The zero-order valence-electron chi connectivity index (χ0n) is 14.0. The molecule has 0 aliphatic carbocycles. The number of aliphatic hydroxyl groups excluding tert-OH is 1. The van der Waals surface area contributed by atoms with Gasteiger partial charge in [-0.3, -0.25) is 9.58 Å². The molecule has 1 aliphatic heterocycles. The van der Waals surface area contributed by atoms with E-state index < -0.39 is 6.10 Å². The van der Waals surface area contributed by atoms with E-state index in [1.807, 2.05) is 22.2 Å². The molecule has 1 unspecified atom stereocenters. The van der Waals surface area contributed by atoms with Crippen LogP contribution in [0.2, 0.25) is 0 Å². The Kier molecular flexibility index (Phi) is 5.46. The van der Waals surface area contributed by atoms with Gasteiger partial charge in [-0.05, 0) is 57.3 Å². The van der Waals surface area contributed by atoms with Crippen molar-refractivity contribution in [2.75, 3.05) is 13.1 Å². The summed E-state index contributed by atoms with van der Waals surface area (Å²) in [6, 6.07) is 4.54. The molecule has 0 spiro atoms. The van der Waals surface area contributed by atoms with Crippen molar-refractivity contribution < 1.29 is 5.11 Å². The largest absolute Gasteiger partial charge is 0.387 e. The molecule has 1 fully saturated rings. The molecule has 23 heavy (non-hydrogen) atoms. The van der Waals surface area contributed by atoms with Crippen molar-refractivity contribution in [3.05, 3.63) is 33.8 Å². The fourth-order valence-corrected chi connectivity index (χ4v) is 4.10. The van der Waals surface area contributed by atoms with Crippen molar-refractivity contribution in [2.45, 2.75) is 52.3 Å². The number of piperidine rings is 1. The summed E-state index contributed by atoms with van der Waals surface area (Å²) in [5.74, 6) is 0.657. The lowest BCUT2D eigenvalue weighted by Crippen LogP contribution is -2.34. The van der Waals surface area contributed by atoms with Crippen molar-refractivity contribution in [1.82, 2.24) is 19.9 Å². The first kappa shape index (κ1) is 16.6. The molecule has 0 bridgehead atoms. The molecular weight excluding hydrogens is 308 g/mol. The van der Waals surface area contributed by atoms with Crippen LogP contribution >= 0.6 is 11.3 Å². The summed E-state index contributed by atoms with van der Waals surface area (Å²) in [6.07, 6.45) is 4.88. The standard InChI is InChI=1S/C17H26N4OS/c1-3-15-4-5-16(23-15)11-20-8-6-14(7-9-20)10-21-12-17(13(2)22)18-19-21/h4-5,12-14,22H,3,6-11H2,1-2H3. The minimum absolute atomic E-state index is 0.538. The Morgan fingerprint density at radius 1 is 1.30 bits per heavy atom. The van der Waals surface area contributed by atoms with Crippen LogP contribution in [0.1, 0.15) is 48.2 Å². The minimum atomic E-state index is -0.538. The molecular formula is C17H26N4OS. The van der Waals surface area contributed by atoms with Gasteiger partial charge in [0.1, 0.15) is 5.69 Å². The van der Waals surface area contributed by atoms with Crippen LogP contribution < -0.4 is 0 Å². The predicted molar refractivity (Wildman–Crippen MR) is 92.4 cm³/mol. The number of hydrogen-bond acceptors (Lipinski definition) is 5. The first-order valence-electron chi connectivity index (χ1n) is 8.52. The molecule has 1 atom stereocenters. The van der Waals surface area contributed by atoms with Gasteiger partial charge in [-0.1, -0.05) is 12.1 Å². The lowest BCUT2D eigenvalue weighted by molar-refractivity contribution is 0.165. The fourth-order valence-electron chi connectivity index (χ4n) is 3.10. The molecule has 126 valence electrons. The second-order valence-electron chi connectivity index (χ2n) is 6.48. The summed E-state index contributed by atoms with van der Waals surface area (Å²) < 4.78 is 1.88. The fraction of sp³-hybridized carbons (Fsp3) is 0.647. The molecule has 3 rings (SSSR count). The highest BCUT2D eigenvalue weighted by Crippen LogP contribution is 2.24. The molecule has 1 saturated heterocycles. The number of thiophene rings is 1. The Labute approximate surface area is 141 Å². The smallest absolute Gasteiger partial charge is 0.111 e. The topological polar surface area (TPSA) is 54.2 Å². The molecule has 1 N–H and O–H groups in total. The van der Waals surface area contributed by atoms with E-state index in [0.717, 1.165) is 32.6 Å². The molecule has 0 amide bonds. The molecule has 2 aromatic heterocycles. The zero-order chi connectivity index (χ0) is 16.2. The van der Waals surface area contributed by atoms with Crippen LogP contribution in [0.4, 0.5) is 0 Å². The van der Waals surface area contributed by atoms with Gasteiger partial charge in [0.05, 0.1) is 12.3 Å². The monoisotopic (exact) mass is 334 g/mol. The summed E-state index contributed by atoms with van der Waals surface area (Å²) in [6.45, 7) is 8.25. The van der Waals surface area contributed by atoms with Gasteiger partial charge in [-0.15, -0.1) is 16.4 Å². The number of hydrogen-bond donors (Lipinski definition) is 1. The maximum atomic E-state index is 9.52. The SMILES string of the molecule is CCc1ccc(CN2CCC(Cn3cc(C(C)O)nn3)CC2)s1. The second kappa shape index (κ2) is 7.55. The average Bonchev–Trinajstić information content (AvgIpc) is 3.18. The summed E-state index contributed by atoms with van der Waals surface area (Å²) >= 11 is 1.95. The van der Waals surface area contributed by atoms with Gasteiger partial charge in [0.2, 0.25) is 0 Å². The average molecular weight is 334 g/mol. The number of aliphatic hydroxyl groups is 1. The van der Waals surface area contributed by atoms with Gasteiger partial charge >= 0.3 is 0 Å². The van der Waals surface area contributed by atoms with E-state index in [9.17, 15) is 5.11 Å². The maximum Gasteiger partial charge on any atom is 0.111 e. The van der Waals surface area contributed by atoms with E-state index in [1.54, 1.807) is 6.92 Å². The normalized spacial score (nSPS) is 18.4. The van der Waals surface area contributed by atoms with Gasteiger partial charge in [0.25, 0.3) is 0 Å². The second-order valence-corrected chi connectivity index (χ2v) is 7.74. The van der Waals surface area contributed by atoms with Crippen molar-refractivity contribution >= 4 is 11.3 Å². The first-order valence-corrected chi connectivity index (χ1v) is 9.33. The molecule has 0 aromatic carbocycles. The predicted octanol–water partition coefficient (Wildman–Crippen LogP) is 2.87. The Hall–Kier alpha value is -1.24. The van der Waals surface area contributed by atoms with Crippen molar-refractivity contribution in [3.8, 4) is 0 Å². The quantitative estimate of drug-likeness (QED) is 0.882. The third kappa shape index (κ3) is 4.40. The zero-order valence-corrected chi connectivity index (χ0v) is 14.8. The van der Waals surface area contributed by atoms with Crippen LogP contribution in [0, 0.1) is 5.92 Å². The highest BCUT2D eigenvalue weighted by molar-refractivity contribution is 7.11. The minimum Gasteiger partial charge on any atom is -0.387 e.